The first-order chi connectivity index (χ1) is 8.25. The van der Waals surface area contributed by atoms with Gasteiger partial charge in [-0.25, -0.2) is 4.98 Å². The normalized spacial score (nSPS) is 10.9. The third kappa shape index (κ3) is 1.65. The highest BCUT2D eigenvalue weighted by atomic mass is 35.5. The van der Waals surface area contributed by atoms with Gasteiger partial charge in [-0.1, -0.05) is 23.7 Å². The number of nitrogens with zero attached hydrogens (tertiary/aromatic N) is 2. The first-order valence-corrected chi connectivity index (χ1v) is 5.61. The summed E-state index contributed by atoms with van der Waals surface area (Å²) in [6, 6.07) is 11.4. The lowest BCUT2D eigenvalue weighted by atomic mass is 10.2. The summed E-state index contributed by atoms with van der Waals surface area (Å²) in [6.07, 6.45) is 3.64. The van der Waals surface area contributed by atoms with E-state index in [2.05, 4.69) is 4.98 Å². The van der Waals surface area contributed by atoms with Crippen LogP contribution in [0, 0.1) is 0 Å². The van der Waals surface area contributed by atoms with Crippen molar-refractivity contribution in [3.8, 4) is 11.4 Å². The fourth-order valence-electron chi connectivity index (χ4n) is 1.86. The third-order valence-electron chi connectivity index (χ3n) is 2.69. The lowest BCUT2D eigenvalue weighted by molar-refractivity contribution is 1.16. The highest BCUT2D eigenvalue weighted by Crippen LogP contribution is 2.26. The van der Waals surface area contributed by atoms with Crippen LogP contribution >= 0.6 is 11.6 Å². The van der Waals surface area contributed by atoms with E-state index in [0.717, 1.165) is 16.9 Å². The van der Waals surface area contributed by atoms with Crippen molar-refractivity contribution >= 4 is 22.8 Å². The number of imidazole rings is 1. The van der Waals surface area contributed by atoms with Gasteiger partial charge in [-0.3, -0.25) is 4.40 Å². The molecule has 1 aromatic carbocycles. The number of para-hydroxylation sites is 1. The molecule has 0 aliphatic rings. The molecular weight excluding hydrogens is 234 g/mol. The van der Waals surface area contributed by atoms with Gasteiger partial charge in [-0.15, -0.1) is 0 Å². The van der Waals surface area contributed by atoms with Crippen LogP contribution in [0.5, 0.6) is 0 Å². The Kier molecular flexibility index (Phi) is 2.27. The minimum Gasteiger partial charge on any atom is -0.398 e. The van der Waals surface area contributed by atoms with E-state index in [1.807, 2.05) is 47.0 Å². The molecule has 17 heavy (non-hydrogen) atoms. The van der Waals surface area contributed by atoms with Crippen molar-refractivity contribution in [3.05, 3.63) is 53.8 Å². The molecule has 0 spiro atoms. The van der Waals surface area contributed by atoms with E-state index in [4.69, 9.17) is 17.3 Å². The quantitative estimate of drug-likeness (QED) is 0.667. The molecule has 2 aromatic heterocycles. The monoisotopic (exact) mass is 243 g/mol. The third-order valence-corrected chi connectivity index (χ3v) is 2.92. The largest absolute Gasteiger partial charge is 0.398 e. The Morgan fingerprint density at radius 2 is 1.94 bits per heavy atom. The predicted octanol–water partition coefficient (Wildman–Crippen LogP) is 3.24. The minimum atomic E-state index is 0.672. The second kappa shape index (κ2) is 3.79. The molecule has 0 radical (unpaired) electrons. The first kappa shape index (κ1) is 10.2. The number of aromatic nitrogens is 2. The SMILES string of the molecule is Nc1ccccc1-c1ncc2ccc(Cl)cn12. The second-order valence-electron chi connectivity index (χ2n) is 3.81. The Morgan fingerprint density at radius 1 is 1.12 bits per heavy atom. The zero-order valence-electron chi connectivity index (χ0n) is 8.97. The molecule has 2 N–H and O–H groups in total. The summed E-state index contributed by atoms with van der Waals surface area (Å²) in [4.78, 5) is 4.39. The molecule has 3 rings (SSSR count). The van der Waals surface area contributed by atoms with Crippen molar-refractivity contribution in [3.63, 3.8) is 0 Å². The standard InChI is InChI=1S/C13H10ClN3/c14-9-5-6-10-7-16-13(17(10)8-9)11-3-1-2-4-12(11)15/h1-8H,15H2. The summed E-state index contributed by atoms with van der Waals surface area (Å²) in [6.45, 7) is 0. The Balaban J connectivity index is 2.31. The number of nitrogen functional groups attached to an aromatic ring is 1. The zero-order valence-corrected chi connectivity index (χ0v) is 9.72. The average Bonchev–Trinajstić information content (AvgIpc) is 2.72. The van der Waals surface area contributed by atoms with Gasteiger partial charge < -0.3 is 5.73 Å². The van der Waals surface area contributed by atoms with E-state index in [1.165, 1.54) is 0 Å². The van der Waals surface area contributed by atoms with Crippen LogP contribution in [-0.2, 0) is 0 Å². The van der Waals surface area contributed by atoms with Gasteiger partial charge in [0.15, 0.2) is 0 Å². The van der Waals surface area contributed by atoms with Gasteiger partial charge in [0.05, 0.1) is 16.7 Å². The molecule has 2 heterocycles. The van der Waals surface area contributed by atoms with Crippen LogP contribution in [0.15, 0.2) is 48.8 Å². The van der Waals surface area contributed by atoms with Crippen molar-refractivity contribution < 1.29 is 0 Å². The summed E-state index contributed by atoms with van der Waals surface area (Å²) in [5, 5.41) is 0.672. The highest BCUT2D eigenvalue weighted by molar-refractivity contribution is 6.30. The van der Waals surface area contributed by atoms with Crippen LogP contribution in [0.1, 0.15) is 0 Å². The Hall–Kier alpha value is -2.00. The molecule has 0 fully saturated rings. The maximum atomic E-state index is 5.99. The van der Waals surface area contributed by atoms with Crippen LogP contribution in [0.4, 0.5) is 5.69 Å². The number of fused-ring (bicyclic) bond motifs is 1. The minimum absolute atomic E-state index is 0.672. The van der Waals surface area contributed by atoms with Crippen molar-refractivity contribution in [2.45, 2.75) is 0 Å². The maximum Gasteiger partial charge on any atom is 0.146 e. The number of rotatable bonds is 1. The van der Waals surface area contributed by atoms with Gasteiger partial charge in [0.25, 0.3) is 0 Å². The van der Waals surface area contributed by atoms with Crippen molar-refractivity contribution in [1.82, 2.24) is 9.38 Å². The van der Waals surface area contributed by atoms with E-state index in [9.17, 15) is 0 Å². The summed E-state index contributed by atoms with van der Waals surface area (Å²) >= 11 is 5.99. The lowest BCUT2D eigenvalue weighted by Gasteiger charge is -2.04. The Bertz CT molecular complexity index is 688. The highest BCUT2D eigenvalue weighted by Gasteiger charge is 2.08. The molecule has 3 nitrogen and oxygen atoms in total. The van der Waals surface area contributed by atoms with Crippen molar-refractivity contribution in [2.75, 3.05) is 5.73 Å². The molecule has 0 amide bonds. The van der Waals surface area contributed by atoms with E-state index < -0.39 is 0 Å². The maximum absolute atomic E-state index is 5.99. The molecule has 0 saturated carbocycles. The summed E-state index contributed by atoms with van der Waals surface area (Å²) in [5.74, 6) is 0.806. The first-order valence-electron chi connectivity index (χ1n) is 5.23. The average molecular weight is 244 g/mol. The molecule has 0 aliphatic carbocycles. The van der Waals surface area contributed by atoms with Gasteiger partial charge in [0.1, 0.15) is 5.82 Å². The van der Waals surface area contributed by atoms with Gasteiger partial charge in [-0.2, -0.15) is 0 Å². The second-order valence-corrected chi connectivity index (χ2v) is 4.25. The van der Waals surface area contributed by atoms with Crippen molar-refractivity contribution in [1.29, 1.82) is 0 Å². The number of benzene rings is 1. The Morgan fingerprint density at radius 3 is 2.76 bits per heavy atom. The molecule has 4 heteroatoms. The predicted molar refractivity (Wildman–Crippen MR) is 70.1 cm³/mol. The van der Waals surface area contributed by atoms with E-state index in [-0.39, 0.29) is 0 Å². The molecule has 0 aliphatic heterocycles. The lowest BCUT2D eigenvalue weighted by Crippen LogP contribution is -1.94. The van der Waals surface area contributed by atoms with Gasteiger partial charge >= 0.3 is 0 Å². The number of halogens is 1. The van der Waals surface area contributed by atoms with Crippen LogP contribution < -0.4 is 5.73 Å². The van der Waals surface area contributed by atoms with Crippen LogP contribution in [-0.4, -0.2) is 9.38 Å². The van der Waals surface area contributed by atoms with Gasteiger partial charge in [0.2, 0.25) is 0 Å². The van der Waals surface area contributed by atoms with Crippen molar-refractivity contribution in [2.24, 2.45) is 0 Å². The molecule has 0 unspecified atom stereocenters. The fraction of sp³-hybridized carbons (Fsp3) is 0. The van der Waals surface area contributed by atoms with Gasteiger partial charge in [0, 0.05) is 17.4 Å². The van der Waals surface area contributed by atoms with Crippen LogP contribution in [0.25, 0.3) is 16.9 Å². The molecule has 84 valence electrons. The number of hydrogen-bond donors (Lipinski definition) is 1. The number of pyridine rings is 1. The number of hydrogen-bond acceptors (Lipinski definition) is 2. The topological polar surface area (TPSA) is 43.3 Å². The van der Waals surface area contributed by atoms with Crippen LogP contribution in [0.2, 0.25) is 5.02 Å². The Labute approximate surface area is 103 Å². The summed E-state index contributed by atoms with van der Waals surface area (Å²) < 4.78 is 1.94. The number of anilines is 1. The smallest absolute Gasteiger partial charge is 0.146 e. The van der Waals surface area contributed by atoms with E-state index in [0.29, 0.717) is 10.7 Å². The van der Waals surface area contributed by atoms with E-state index >= 15 is 0 Å². The summed E-state index contributed by atoms with van der Waals surface area (Å²) in [7, 11) is 0. The molecule has 0 saturated heterocycles. The molecule has 3 aromatic rings. The number of nitrogens with two attached hydrogens (primary N) is 1. The van der Waals surface area contributed by atoms with Crippen LogP contribution in [0.3, 0.4) is 0 Å². The molecule has 0 bridgehead atoms. The van der Waals surface area contributed by atoms with E-state index in [1.54, 1.807) is 6.20 Å². The fourth-order valence-corrected chi connectivity index (χ4v) is 2.02. The zero-order chi connectivity index (χ0) is 11.8. The molecule has 0 atom stereocenters. The van der Waals surface area contributed by atoms with Gasteiger partial charge in [-0.05, 0) is 24.3 Å². The summed E-state index contributed by atoms with van der Waals surface area (Å²) in [5.41, 5.74) is 8.57. The molecular formula is C13H10ClN3.